The molecule has 0 aliphatic heterocycles. The molecule has 0 spiro atoms. The predicted octanol–water partition coefficient (Wildman–Crippen LogP) is 9.70. The maximum atomic E-state index is 1.83. The van der Waals surface area contributed by atoms with E-state index in [-0.39, 0.29) is 0 Å². The van der Waals surface area contributed by atoms with E-state index in [0.717, 1.165) is 0 Å². The summed E-state index contributed by atoms with van der Waals surface area (Å²) in [5.41, 5.74) is 0. The number of rotatable bonds is 8. The molecule has 0 aromatic rings. The van der Waals surface area contributed by atoms with Crippen molar-refractivity contribution in [1.29, 1.82) is 0 Å². The summed E-state index contributed by atoms with van der Waals surface area (Å²) in [5, 5.41) is 0. The van der Waals surface area contributed by atoms with Crippen molar-refractivity contribution in [3.8, 4) is 0 Å². The number of hydrogen-bond acceptors (Lipinski definition) is 0. The van der Waals surface area contributed by atoms with Gasteiger partial charge in [0.15, 0.2) is 0 Å². The van der Waals surface area contributed by atoms with E-state index in [4.69, 9.17) is 0 Å². The van der Waals surface area contributed by atoms with Crippen LogP contribution < -0.4 is 0 Å². The molecule has 0 amide bonds. The maximum absolute atomic E-state index is 1.83. The second-order valence-corrected chi connectivity index (χ2v) is 27.8. The van der Waals surface area contributed by atoms with Crippen molar-refractivity contribution in [1.82, 2.24) is 0 Å². The number of hydrogen-bond donors (Lipinski definition) is 0. The summed E-state index contributed by atoms with van der Waals surface area (Å²) in [6.45, 7) is 0. The molecule has 4 aliphatic carbocycles. The average molecular weight is 618 g/mol. The fourth-order valence-electron chi connectivity index (χ4n) is 7.41. The standard InChI is InChI=1S/4C6H11.C3H6.2Sb/c4*1-2-4-6-5-3-1;1-3-2;;/h4*1H,2-6H2;1-3H2;;. The molecule has 2 heteroatoms. The van der Waals surface area contributed by atoms with Gasteiger partial charge in [0.05, 0.1) is 0 Å². The monoisotopic (exact) mass is 616 g/mol. The third kappa shape index (κ3) is 7.31. The van der Waals surface area contributed by atoms with E-state index < -0.39 is 40.4 Å². The zero-order valence-corrected chi connectivity index (χ0v) is 24.6. The Balaban J connectivity index is 1.34. The van der Waals surface area contributed by atoms with Crippen molar-refractivity contribution in [2.24, 2.45) is 0 Å². The van der Waals surface area contributed by atoms with Gasteiger partial charge in [0.2, 0.25) is 0 Å². The van der Waals surface area contributed by atoms with Crippen LogP contribution in [0, 0.1) is 0 Å². The Hall–Kier alpha value is 1.64. The summed E-state index contributed by atoms with van der Waals surface area (Å²) in [7, 11) is 0. The Labute approximate surface area is 198 Å². The molecule has 0 N–H and O–H groups in total. The molecule has 0 nitrogen and oxygen atoms in total. The molecule has 0 radical (unpaired) electrons. The second kappa shape index (κ2) is 13.4. The van der Waals surface area contributed by atoms with Crippen LogP contribution in [0.15, 0.2) is 0 Å². The van der Waals surface area contributed by atoms with Gasteiger partial charge in [0.1, 0.15) is 0 Å². The summed E-state index contributed by atoms with van der Waals surface area (Å²) < 4.78 is 8.90. The normalized spacial score (nSPS) is 27.1. The summed E-state index contributed by atoms with van der Waals surface area (Å²) in [6.07, 6.45) is 34.2. The summed E-state index contributed by atoms with van der Waals surface area (Å²) in [6, 6.07) is 0. The van der Waals surface area contributed by atoms with E-state index in [2.05, 4.69) is 0 Å². The first-order valence-electron chi connectivity index (χ1n) is 13.9. The van der Waals surface area contributed by atoms with Crippen molar-refractivity contribution in [2.75, 3.05) is 0 Å². The molecule has 0 heterocycles. The van der Waals surface area contributed by atoms with Crippen LogP contribution in [-0.4, -0.2) is 40.4 Å². The van der Waals surface area contributed by atoms with Gasteiger partial charge < -0.3 is 0 Å². The van der Waals surface area contributed by atoms with E-state index >= 15 is 0 Å². The molecule has 0 unspecified atom stereocenters. The first-order chi connectivity index (χ1) is 14.4. The second-order valence-electron chi connectivity index (χ2n) is 11.0. The van der Waals surface area contributed by atoms with Crippen molar-refractivity contribution in [3.05, 3.63) is 0 Å². The molecular weight excluding hydrogens is 568 g/mol. The van der Waals surface area contributed by atoms with Gasteiger partial charge in [-0.25, -0.2) is 0 Å². The Morgan fingerprint density at radius 2 is 0.586 bits per heavy atom. The van der Waals surface area contributed by atoms with E-state index in [0.29, 0.717) is 0 Å². The molecular formula is C27H50Sb2. The molecule has 4 aliphatic rings. The average Bonchev–Trinajstić information content (AvgIpc) is 2.81. The molecule has 4 rings (SSSR count). The van der Waals surface area contributed by atoms with Crippen LogP contribution in [0.3, 0.4) is 0 Å². The van der Waals surface area contributed by atoms with Gasteiger partial charge in [-0.05, 0) is 0 Å². The predicted molar refractivity (Wildman–Crippen MR) is 133 cm³/mol. The molecule has 168 valence electrons. The van der Waals surface area contributed by atoms with Crippen molar-refractivity contribution in [3.63, 3.8) is 0 Å². The molecule has 4 saturated carbocycles. The fraction of sp³-hybridized carbons (Fsp3) is 1.00. The third-order valence-electron chi connectivity index (χ3n) is 9.01. The molecule has 29 heavy (non-hydrogen) atoms. The quantitative estimate of drug-likeness (QED) is 0.238. The van der Waals surface area contributed by atoms with Crippen LogP contribution >= 0.6 is 0 Å². The topological polar surface area (TPSA) is 0 Å². The Morgan fingerprint density at radius 1 is 0.345 bits per heavy atom. The first-order valence-corrected chi connectivity index (χ1v) is 23.4. The van der Waals surface area contributed by atoms with E-state index in [1.165, 1.54) is 15.5 Å². The summed E-state index contributed by atoms with van der Waals surface area (Å²) in [4.78, 5) is 0. The van der Waals surface area contributed by atoms with Crippen LogP contribution in [0.1, 0.15) is 135 Å². The SMILES string of the molecule is C1CC[CH]([Sb]([CH2]C[CH2][Sb]([CH]2CCCCC2)[CH]2CCCCC2)[CH]2CCCCC2)CC1. The first kappa shape index (κ1) is 23.8. The minimum absolute atomic E-state index is 1.04. The van der Waals surface area contributed by atoms with Crippen LogP contribution in [0.4, 0.5) is 0 Å². The summed E-state index contributed by atoms with van der Waals surface area (Å²) in [5.74, 6) is 0. The molecule has 4 fully saturated rings. The van der Waals surface area contributed by atoms with Gasteiger partial charge in [-0.15, -0.1) is 0 Å². The van der Waals surface area contributed by atoms with Crippen LogP contribution in [0.25, 0.3) is 0 Å². The molecule has 0 atom stereocenters. The Morgan fingerprint density at radius 3 is 0.828 bits per heavy atom. The zero-order valence-electron chi connectivity index (χ0n) is 19.5. The summed E-state index contributed by atoms with van der Waals surface area (Å²) >= 11 is -2.08. The van der Waals surface area contributed by atoms with Crippen LogP contribution in [0.5, 0.6) is 0 Å². The van der Waals surface area contributed by atoms with Crippen molar-refractivity contribution < 1.29 is 0 Å². The van der Waals surface area contributed by atoms with Crippen molar-refractivity contribution >= 4 is 40.4 Å². The van der Waals surface area contributed by atoms with Gasteiger partial charge in [-0.1, -0.05) is 0 Å². The fourth-order valence-corrected chi connectivity index (χ4v) is 31.9. The molecule has 0 bridgehead atoms. The molecule has 0 aromatic heterocycles. The van der Waals surface area contributed by atoms with Gasteiger partial charge in [-0.2, -0.15) is 0 Å². The van der Waals surface area contributed by atoms with Crippen LogP contribution in [0.2, 0.25) is 24.2 Å². The molecule has 0 saturated heterocycles. The van der Waals surface area contributed by atoms with Crippen molar-refractivity contribution in [2.45, 2.75) is 159 Å². The zero-order chi connectivity index (χ0) is 19.7. The van der Waals surface area contributed by atoms with Gasteiger partial charge in [-0.3, -0.25) is 0 Å². The van der Waals surface area contributed by atoms with E-state index in [1.807, 2.05) is 8.73 Å². The minimum atomic E-state index is -1.04. The van der Waals surface area contributed by atoms with E-state index in [1.54, 1.807) is 135 Å². The van der Waals surface area contributed by atoms with Gasteiger partial charge in [0, 0.05) is 0 Å². The van der Waals surface area contributed by atoms with E-state index in [9.17, 15) is 0 Å². The third-order valence-corrected chi connectivity index (χ3v) is 30.4. The Bertz CT molecular complexity index is 350. The molecule has 0 aromatic carbocycles. The van der Waals surface area contributed by atoms with Gasteiger partial charge in [0.25, 0.3) is 0 Å². The Kier molecular flexibility index (Phi) is 11.0. The van der Waals surface area contributed by atoms with Crippen LogP contribution in [-0.2, 0) is 0 Å². The van der Waals surface area contributed by atoms with Gasteiger partial charge >= 0.3 is 199 Å².